The summed E-state index contributed by atoms with van der Waals surface area (Å²) in [5.41, 5.74) is 5.27. The number of benzene rings is 2. The molecule has 0 unspecified atom stereocenters. The molecular formula is C26H48. The molecule has 2 rings (SSSR count). The van der Waals surface area contributed by atoms with Gasteiger partial charge in [0.1, 0.15) is 0 Å². The summed E-state index contributed by atoms with van der Waals surface area (Å²) in [6.45, 7) is 20.4. The molecule has 2 aromatic rings. The molecule has 0 radical (unpaired) electrons. The van der Waals surface area contributed by atoms with Gasteiger partial charge in [0.25, 0.3) is 0 Å². The molecule has 0 aliphatic rings. The second-order valence-electron chi connectivity index (χ2n) is 3.98. The minimum Gasteiger partial charge on any atom is -0.0776 e. The van der Waals surface area contributed by atoms with E-state index in [1.165, 1.54) is 22.3 Å². The summed E-state index contributed by atoms with van der Waals surface area (Å²) in [5, 5.41) is 0. The van der Waals surface area contributed by atoms with Crippen LogP contribution in [0.4, 0.5) is 0 Å². The van der Waals surface area contributed by atoms with Crippen LogP contribution in [0, 0.1) is 0 Å². The Morgan fingerprint density at radius 1 is 0.423 bits per heavy atom. The standard InChI is InChI=1S/C16H16.4C2H6.2CH4/c1-13(15-9-5-3-6-10-15)14(2)16-11-7-4-8-12-16;4*1-2;;/h3-12H,1-2H3;4*1-2H3;2*1H4/b14-13+;;;;;;. The molecule has 0 heterocycles. The molecule has 0 nitrogen and oxygen atoms in total. The Morgan fingerprint density at radius 3 is 0.808 bits per heavy atom. The van der Waals surface area contributed by atoms with Gasteiger partial charge in [-0.2, -0.15) is 0 Å². The van der Waals surface area contributed by atoms with Crippen molar-refractivity contribution in [3.05, 3.63) is 71.8 Å². The normalized spacial score (nSPS) is 8.38. The van der Waals surface area contributed by atoms with E-state index in [0.717, 1.165) is 0 Å². The first-order chi connectivity index (χ1) is 11.8. The maximum Gasteiger partial charge on any atom is -0.0224 e. The molecule has 0 aromatic heterocycles. The first kappa shape index (κ1) is 35.3. The second-order valence-corrected chi connectivity index (χ2v) is 3.98. The Morgan fingerprint density at radius 2 is 0.615 bits per heavy atom. The molecule has 0 amide bonds. The lowest BCUT2D eigenvalue weighted by Crippen LogP contribution is -1.85. The van der Waals surface area contributed by atoms with Crippen LogP contribution in [0.15, 0.2) is 60.7 Å². The fraction of sp³-hybridized carbons (Fsp3) is 0.462. The van der Waals surface area contributed by atoms with Crippen molar-refractivity contribution in [2.24, 2.45) is 0 Å². The zero-order chi connectivity index (χ0) is 19.4. The second kappa shape index (κ2) is 28.0. The third-order valence-corrected chi connectivity index (χ3v) is 2.98. The first-order valence-corrected chi connectivity index (χ1v) is 9.57. The lowest BCUT2D eigenvalue weighted by molar-refractivity contribution is 1.50. The van der Waals surface area contributed by atoms with Crippen molar-refractivity contribution in [1.82, 2.24) is 0 Å². The van der Waals surface area contributed by atoms with Crippen molar-refractivity contribution in [3.63, 3.8) is 0 Å². The van der Waals surface area contributed by atoms with Crippen LogP contribution in [0.1, 0.15) is 95.2 Å². The summed E-state index contributed by atoms with van der Waals surface area (Å²) in [4.78, 5) is 0. The fourth-order valence-corrected chi connectivity index (χ4v) is 1.81. The largest absolute Gasteiger partial charge is 0.0776 e. The molecule has 0 atom stereocenters. The van der Waals surface area contributed by atoms with Crippen LogP contribution in [-0.2, 0) is 0 Å². The number of hydrogen-bond donors (Lipinski definition) is 0. The van der Waals surface area contributed by atoms with Gasteiger partial charge in [-0.15, -0.1) is 0 Å². The van der Waals surface area contributed by atoms with E-state index < -0.39 is 0 Å². The summed E-state index contributed by atoms with van der Waals surface area (Å²) >= 11 is 0. The zero-order valence-corrected chi connectivity index (χ0v) is 17.8. The highest BCUT2D eigenvalue weighted by atomic mass is 14.1. The van der Waals surface area contributed by atoms with Gasteiger partial charge in [-0.05, 0) is 36.1 Å². The van der Waals surface area contributed by atoms with Gasteiger partial charge in [0, 0.05) is 0 Å². The minimum atomic E-state index is 0. The van der Waals surface area contributed by atoms with Crippen molar-refractivity contribution in [3.8, 4) is 0 Å². The lowest BCUT2D eigenvalue weighted by atomic mass is 9.97. The van der Waals surface area contributed by atoms with E-state index in [-0.39, 0.29) is 14.9 Å². The number of hydrogen-bond acceptors (Lipinski definition) is 0. The quantitative estimate of drug-likeness (QED) is 0.467. The molecule has 0 saturated heterocycles. The third-order valence-electron chi connectivity index (χ3n) is 2.98. The molecule has 0 aliphatic heterocycles. The van der Waals surface area contributed by atoms with Crippen molar-refractivity contribution < 1.29 is 0 Å². The molecular weight excluding hydrogens is 312 g/mol. The summed E-state index contributed by atoms with van der Waals surface area (Å²) in [6.07, 6.45) is 0. The van der Waals surface area contributed by atoms with Gasteiger partial charge in [-0.3, -0.25) is 0 Å². The summed E-state index contributed by atoms with van der Waals surface area (Å²) in [5.74, 6) is 0. The third kappa shape index (κ3) is 14.5. The van der Waals surface area contributed by atoms with E-state index in [4.69, 9.17) is 0 Å². The van der Waals surface area contributed by atoms with E-state index in [9.17, 15) is 0 Å². The van der Waals surface area contributed by atoms with Crippen LogP contribution >= 0.6 is 0 Å². The highest BCUT2D eigenvalue weighted by Gasteiger charge is 2.01. The van der Waals surface area contributed by atoms with Crippen molar-refractivity contribution in [1.29, 1.82) is 0 Å². The Kier molecular flexibility index (Phi) is 38.0. The number of rotatable bonds is 2. The average Bonchev–Trinajstić information content (AvgIpc) is 2.74. The monoisotopic (exact) mass is 360 g/mol. The molecule has 0 heteroatoms. The molecule has 0 aliphatic carbocycles. The van der Waals surface area contributed by atoms with Gasteiger partial charge < -0.3 is 0 Å². The average molecular weight is 361 g/mol. The Bertz CT molecular complexity index is 430. The Hall–Kier alpha value is -1.82. The number of allylic oxidation sites excluding steroid dienone is 2. The predicted molar refractivity (Wildman–Crippen MR) is 130 cm³/mol. The molecule has 2 aromatic carbocycles. The summed E-state index contributed by atoms with van der Waals surface area (Å²) in [7, 11) is 0. The summed E-state index contributed by atoms with van der Waals surface area (Å²) in [6, 6.07) is 21.0. The maximum atomic E-state index is 2.18. The van der Waals surface area contributed by atoms with Gasteiger partial charge in [0.15, 0.2) is 0 Å². The van der Waals surface area contributed by atoms with Crippen LogP contribution in [0.5, 0.6) is 0 Å². The molecule has 26 heavy (non-hydrogen) atoms. The van der Waals surface area contributed by atoms with Crippen LogP contribution in [0.25, 0.3) is 11.1 Å². The Balaban J connectivity index is -0.000000131. The van der Waals surface area contributed by atoms with E-state index in [2.05, 4.69) is 74.5 Å². The van der Waals surface area contributed by atoms with Crippen molar-refractivity contribution >= 4 is 11.1 Å². The zero-order valence-electron chi connectivity index (χ0n) is 17.8. The van der Waals surface area contributed by atoms with Gasteiger partial charge in [-0.25, -0.2) is 0 Å². The molecule has 0 bridgehead atoms. The first-order valence-electron chi connectivity index (χ1n) is 9.57. The van der Waals surface area contributed by atoms with E-state index in [0.29, 0.717) is 0 Å². The van der Waals surface area contributed by atoms with Crippen molar-refractivity contribution in [2.75, 3.05) is 0 Å². The molecule has 0 saturated carbocycles. The minimum absolute atomic E-state index is 0. The highest BCUT2D eigenvalue weighted by molar-refractivity contribution is 5.88. The maximum absolute atomic E-state index is 2.18. The molecule has 0 fully saturated rings. The molecule has 0 spiro atoms. The van der Waals surface area contributed by atoms with Crippen LogP contribution in [0.3, 0.4) is 0 Å². The topological polar surface area (TPSA) is 0 Å². The Labute approximate surface area is 167 Å². The van der Waals surface area contributed by atoms with Gasteiger partial charge in [-0.1, -0.05) is 131 Å². The van der Waals surface area contributed by atoms with E-state index in [1.54, 1.807) is 0 Å². The predicted octanol–water partition coefficient (Wildman–Crippen LogP) is 10.0. The van der Waals surface area contributed by atoms with Gasteiger partial charge >= 0.3 is 0 Å². The van der Waals surface area contributed by atoms with Crippen LogP contribution in [-0.4, -0.2) is 0 Å². The molecule has 0 N–H and O–H groups in total. The van der Waals surface area contributed by atoms with Gasteiger partial charge in [0.2, 0.25) is 0 Å². The molecule has 152 valence electrons. The lowest BCUT2D eigenvalue weighted by Gasteiger charge is -2.08. The summed E-state index contributed by atoms with van der Waals surface area (Å²) < 4.78 is 0. The van der Waals surface area contributed by atoms with Crippen LogP contribution < -0.4 is 0 Å². The van der Waals surface area contributed by atoms with Crippen LogP contribution in [0.2, 0.25) is 0 Å². The van der Waals surface area contributed by atoms with Crippen molar-refractivity contribution in [2.45, 2.75) is 84.1 Å². The van der Waals surface area contributed by atoms with E-state index in [1.807, 2.05) is 55.4 Å². The SMILES string of the molecule is C.C.C/C(=C(/C)c1ccccc1)c1ccccc1.CC.CC.CC.CC. The van der Waals surface area contributed by atoms with Gasteiger partial charge in [0.05, 0.1) is 0 Å². The van der Waals surface area contributed by atoms with E-state index >= 15 is 0 Å². The smallest absolute Gasteiger partial charge is 0.0224 e. The fourth-order valence-electron chi connectivity index (χ4n) is 1.81. The highest BCUT2D eigenvalue weighted by Crippen LogP contribution is 2.24.